The normalized spacial score (nSPS) is 11.5. The van der Waals surface area contributed by atoms with Crippen molar-refractivity contribution >= 4 is 22.1 Å². The Labute approximate surface area is 149 Å². The molecule has 3 aromatic heterocycles. The lowest BCUT2D eigenvalue weighted by Gasteiger charge is -2.01. The number of fused-ring (bicyclic) bond motifs is 2. The van der Waals surface area contributed by atoms with E-state index in [1.54, 1.807) is 12.4 Å². The van der Waals surface area contributed by atoms with Gasteiger partial charge in [0.15, 0.2) is 5.82 Å². The van der Waals surface area contributed by atoms with Crippen molar-refractivity contribution in [1.82, 2.24) is 29.9 Å². The number of hydrogen-bond acceptors (Lipinski definition) is 4. The zero-order chi connectivity index (χ0) is 17.7. The predicted octanol–water partition coefficient (Wildman–Crippen LogP) is 4.18. The number of H-pyrrole nitrogens is 2. The van der Waals surface area contributed by atoms with Crippen molar-refractivity contribution in [3.63, 3.8) is 0 Å². The fraction of sp³-hybridized carbons (Fsp3) is 0.100. The fourth-order valence-corrected chi connectivity index (χ4v) is 3.14. The Morgan fingerprint density at radius 1 is 0.731 bits per heavy atom. The molecule has 26 heavy (non-hydrogen) atoms. The number of aromatic nitrogens is 6. The van der Waals surface area contributed by atoms with E-state index in [1.165, 1.54) is 0 Å². The molecule has 0 radical (unpaired) electrons. The Balaban J connectivity index is 1.59. The van der Waals surface area contributed by atoms with Gasteiger partial charge in [-0.2, -0.15) is 0 Å². The maximum Gasteiger partial charge on any atom is 0.158 e. The number of nitrogens with one attached hydrogen (secondary N) is 2. The summed E-state index contributed by atoms with van der Waals surface area (Å²) < 4.78 is 0. The molecule has 0 saturated heterocycles. The molecule has 2 aromatic carbocycles. The molecule has 5 aromatic rings. The molecule has 0 fully saturated rings. The van der Waals surface area contributed by atoms with E-state index in [0.29, 0.717) is 0 Å². The van der Waals surface area contributed by atoms with E-state index in [4.69, 9.17) is 0 Å². The summed E-state index contributed by atoms with van der Waals surface area (Å²) >= 11 is 0. The van der Waals surface area contributed by atoms with Crippen LogP contribution in [0.25, 0.3) is 44.7 Å². The second-order valence-corrected chi connectivity index (χ2v) is 6.41. The molecule has 0 bridgehead atoms. The zero-order valence-corrected chi connectivity index (χ0v) is 14.4. The summed E-state index contributed by atoms with van der Waals surface area (Å²) in [6.07, 6.45) is 3.48. The SMILES string of the molecule is Cc1cnc(-c2nc3ccc(-c4ccc5nc(C)[nH]c5c4)cc3[nH]2)cn1. The molecule has 6 heteroatoms. The van der Waals surface area contributed by atoms with Crippen LogP contribution in [0.4, 0.5) is 0 Å². The maximum atomic E-state index is 4.63. The van der Waals surface area contributed by atoms with E-state index in [-0.39, 0.29) is 0 Å². The number of aromatic amines is 2. The smallest absolute Gasteiger partial charge is 0.158 e. The molecule has 126 valence electrons. The van der Waals surface area contributed by atoms with E-state index < -0.39 is 0 Å². The van der Waals surface area contributed by atoms with Crippen molar-refractivity contribution in [3.8, 4) is 22.6 Å². The number of imidazole rings is 2. The molecule has 0 spiro atoms. The highest BCUT2D eigenvalue weighted by Crippen LogP contribution is 2.27. The molecular formula is C20H16N6. The molecular weight excluding hydrogens is 324 g/mol. The first-order valence-corrected chi connectivity index (χ1v) is 8.41. The third kappa shape index (κ3) is 2.43. The van der Waals surface area contributed by atoms with E-state index in [0.717, 1.165) is 56.2 Å². The highest BCUT2D eigenvalue weighted by atomic mass is 15.0. The van der Waals surface area contributed by atoms with Crippen LogP contribution < -0.4 is 0 Å². The molecule has 6 nitrogen and oxygen atoms in total. The second kappa shape index (κ2) is 5.49. The van der Waals surface area contributed by atoms with Gasteiger partial charge in [0, 0.05) is 6.20 Å². The Bertz CT molecular complexity index is 1250. The van der Waals surface area contributed by atoms with Gasteiger partial charge < -0.3 is 9.97 Å². The van der Waals surface area contributed by atoms with Gasteiger partial charge in [0.1, 0.15) is 11.5 Å². The highest BCUT2D eigenvalue weighted by Gasteiger charge is 2.09. The minimum atomic E-state index is 0.726. The van der Waals surface area contributed by atoms with Crippen molar-refractivity contribution in [2.24, 2.45) is 0 Å². The van der Waals surface area contributed by atoms with Gasteiger partial charge in [0.25, 0.3) is 0 Å². The molecule has 2 N–H and O–H groups in total. The summed E-state index contributed by atoms with van der Waals surface area (Å²) in [5.41, 5.74) is 7.78. The van der Waals surface area contributed by atoms with Gasteiger partial charge in [0.05, 0.1) is 34.0 Å². The van der Waals surface area contributed by atoms with E-state index >= 15 is 0 Å². The van der Waals surface area contributed by atoms with Gasteiger partial charge in [-0.3, -0.25) is 4.98 Å². The molecule has 0 aliphatic heterocycles. The molecule has 0 aliphatic carbocycles. The molecule has 0 atom stereocenters. The number of aryl methyl sites for hydroxylation is 2. The van der Waals surface area contributed by atoms with Crippen LogP contribution in [0, 0.1) is 13.8 Å². The largest absolute Gasteiger partial charge is 0.342 e. The van der Waals surface area contributed by atoms with Crippen LogP contribution in [0.2, 0.25) is 0 Å². The van der Waals surface area contributed by atoms with E-state index in [2.05, 4.69) is 54.2 Å². The quantitative estimate of drug-likeness (QED) is 0.505. The average molecular weight is 340 g/mol. The molecule has 5 rings (SSSR count). The van der Waals surface area contributed by atoms with Crippen LogP contribution in [-0.2, 0) is 0 Å². The average Bonchev–Trinajstić information content (AvgIpc) is 3.23. The van der Waals surface area contributed by atoms with Crippen molar-refractivity contribution in [3.05, 3.63) is 60.3 Å². The monoisotopic (exact) mass is 340 g/mol. The van der Waals surface area contributed by atoms with Crippen LogP contribution in [-0.4, -0.2) is 29.9 Å². The summed E-state index contributed by atoms with van der Waals surface area (Å²) in [6.45, 7) is 3.88. The summed E-state index contributed by atoms with van der Waals surface area (Å²) in [5.74, 6) is 1.65. The second-order valence-electron chi connectivity index (χ2n) is 6.41. The van der Waals surface area contributed by atoms with Gasteiger partial charge in [-0.15, -0.1) is 0 Å². The van der Waals surface area contributed by atoms with Crippen LogP contribution in [0.1, 0.15) is 11.5 Å². The first-order valence-electron chi connectivity index (χ1n) is 8.41. The number of benzene rings is 2. The zero-order valence-electron chi connectivity index (χ0n) is 14.4. The topological polar surface area (TPSA) is 83.1 Å². The van der Waals surface area contributed by atoms with Crippen LogP contribution >= 0.6 is 0 Å². The maximum absolute atomic E-state index is 4.63. The minimum Gasteiger partial charge on any atom is -0.342 e. The summed E-state index contributed by atoms with van der Waals surface area (Å²) in [7, 11) is 0. The number of rotatable bonds is 2. The van der Waals surface area contributed by atoms with Crippen molar-refractivity contribution in [2.75, 3.05) is 0 Å². The summed E-state index contributed by atoms with van der Waals surface area (Å²) in [4.78, 5) is 24.4. The van der Waals surface area contributed by atoms with Crippen molar-refractivity contribution < 1.29 is 0 Å². The summed E-state index contributed by atoms with van der Waals surface area (Å²) in [6, 6.07) is 12.5. The lowest BCUT2D eigenvalue weighted by Crippen LogP contribution is -1.89. The van der Waals surface area contributed by atoms with Crippen molar-refractivity contribution in [1.29, 1.82) is 0 Å². The van der Waals surface area contributed by atoms with Crippen LogP contribution in [0.15, 0.2) is 48.8 Å². The third-order valence-electron chi connectivity index (χ3n) is 4.44. The Morgan fingerprint density at radius 2 is 1.42 bits per heavy atom. The molecule has 0 aliphatic rings. The molecule has 0 amide bonds. The molecule has 3 heterocycles. The number of hydrogen-bond donors (Lipinski definition) is 2. The van der Waals surface area contributed by atoms with Gasteiger partial charge in [-0.05, 0) is 49.2 Å². The van der Waals surface area contributed by atoms with Gasteiger partial charge in [-0.1, -0.05) is 12.1 Å². The van der Waals surface area contributed by atoms with Crippen molar-refractivity contribution in [2.45, 2.75) is 13.8 Å². The van der Waals surface area contributed by atoms with Crippen LogP contribution in [0.3, 0.4) is 0 Å². The fourth-order valence-electron chi connectivity index (χ4n) is 3.14. The minimum absolute atomic E-state index is 0.726. The van der Waals surface area contributed by atoms with Gasteiger partial charge >= 0.3 is 0 Å². The molecule has 0 saturated carbocycles. The third-order valence-corrected chi connectivity index (χ3v) is 4.44. The first kappa shape index (κ1) is 14.8. The lowest BCUT2D eigenvalue weighted by molar-refractivity contribution is 1.10. The van der Waals surface area contributed by atoms with Gasteiger partial charge in [-0.25, -0.2) is 15.0 Å². The highest BCUT2D eigenvalue weighted by molar-refractivity contribution is 5.87. The number of nitrogens with zero attached hydrogens (tertiary/aromatic N) is 4. The lowest BCUT2D eigenvalue weighted by atomic mass is 10.0. The Kier molecular flexibility index (Phi) is 3.12. The first-order chi connectivity index (χ1) is 12.7. The standard InChI is InChI=1S/C20H16N6/c1-11-9-22-19(10-21-11)20-25-16-6-4-14(8-18(16)26-20)13-3-5-15-17(7-13)24-12(2)23-15/h3-10H,1-2H3,(H,23,24)(H,25,26). The Hall–Kier alpha value is -3.54. The predicted molar refractivity (Wildman–Crippen MR) is 102 cm³/mol. The van der Waals surface area contributed by atoms with Crippen LogP contribution in [0.5, 0.6) is 0 Å². The Morgan fingerprint density at radius 3 is 2.12 bits per heavy atom. The van der Waals surface area contributed by atoms with E-state index in [9.17, 15) is 0 Å². The summed E-state index contributed by atoms with van der Waals surface area (Å²) in [5, 5.41) is 0. The van der Waals surface area contributed by atoms with E-state index in [1.807, 2.05) is 26.0 Å². The van der Waals surface area contributed by atoms with Gasteiger partial charge in [0.2, 0.25) is 0 Å². The molecule has 0 unspecified atom stereocenters.